The summed E-state index contributed by atoms with van der Waals surface area (Å²) in [6, 6.07) is 15.7. The van der Waals surface area contributed by atoms with Crippen molar-refractivity contribution in [1.82, 2.24) is 0 Å². The van der Waals surface area contributed by atoms with Gasteiger partial charge in [-0.2, -0.15) is 0 Å². The Morgan fingerprint density at radius 1 is 1.05 bits per heavy atom. The molecule has 0 radical (unpaired) electrons. The molecule has 3 rings (SSSR count). The molecule has 1 saturated carbocycles. The second-order valence-corrected chi connectivity index (χ2v) is 5.14. The maximum absolute atomic E-state index is 10.3. The molecule has 0 unspecified atom stereocenters. The minimum Gasteiger partial charge on any atom is -0.492 e. The molecule has 2 aromatic rings. The van der Waals surface area contributed by atoms with Gasteiger partial charge in [-0.1, -0.05) is 42.5 Å². The molecule has 2 aromatic carbocycles. The minimum absolute atomic E-state index is 0.485. The van der Waals surface area contributed by atoms with Gasteiger partial charge in [0.1, 0.15) is 6.61 Å². The third kappa shape index (κ3) is 2.49. The molecule has 3 heteroatoms. The topological polar surface area (TPSA) is 38.7 Å². The van der Waals surface area contributed by atoms with E-state index < -0.39 is 5.60 Å². The molecule has 0 atom stereocenters. The fraction of sp³-hybridized carbons (Fsp3) is 0.294. The van der Waals surface area contributed by atoms with E-state index in [0.29, 0.717) is 18.1 Å². The molecular weight excluding hydrogens is 252 g/mol. The van der Waals surface area contributed by atoms with Crippen molar-refractivity contribution in [2.75, 3.05) is 7.11 Å². The zero-order valence-corrected chi connectivity index (χ0v) is 11.5. The van der Waals surface area contributed by atoms with Gasteiger partial charge in [-0.3, -0.25) is 0 Å². The van der Waals surface area contributed by atoms with E-state index >= 15 is 0 Å². The van der Waals surface area contributed by atoms with Gasteiger partial charge in [-0.25, -0.2) is 0 Å². The Morgan fingerprint density at radius 3 is 2.45 bits per heavy atom. The predicted octanol–water partition coefficient (Wildman–Crippen LogP) is 3.26. The summed E-state index contributed by atoms with van der Waals surface area (Å²) in [5, 5.41) is 10.3. The fourth-order valence-electron chi connectivity index (χ4n) is 2.33. The number of para-hydroxylation sites is 1. The lowest BCUT2D eigenvalue weighted by atomic mass is 10.1. The van der Waals surface area contributed by atoms with Crippen LogP contribution in [0.4, 0.5) is 0 Å². The Labute approximate surface area is 118 Å². The van der Waals surface area contributed by atoms with Crippen LogP contribution in [0.2, 0.25) is 0 Å². The molecular formula is C17H18O3. The molecule has 0 bridgehead atoms. The lowest BCUT2D eigenvalue weighted by molar-refractivity contribution is 0.146. The van der Waals surface area contributed by atoms with E-state index in [1.165, 1.54) is 0 Å². The van der Waals surface area contributed by atoms with Crippen LogP contribution in [0.3, 0.4) is 0 Å². The smallest absolute Gasteiger partial charge is 0.166 e. The summed E-state index contributed by atoms with van der Waals surface area (Å²) in [5.41, 5.74) is 1.20. The third-order valence-corrected chi connectivity index (χ3v) is 3.65. The van der Waals surface area contributed by atoms with Crippen molar-refractivity contribution in [1.29, 1.82) is 0 Å². The highest BCUT2D eigenvalue weighted by Crippen LogP contribution is 2.50. The van der Waals surface area contributed by atoms with E-state index in [9.17, 15) is 5.11 Å². The second-order valence-electron chi connectivity index (χ2n) is 5.14. The van der Waals surface area contributed by atoms with Crippen LogP contribution in [0.15, 0.2) is 48.5 Å². The van der Waals surface area contributed by atoms with Gasteiger partial charge in [0, 0.05) is 5.56 Å². The Bertz CT molecular complexity index is 588. The van der Waals surface area contributed by atoms with E-state index in [-0.39, 0.29) is 0 Å². The first-order valence-electron chi connectivity index (χ1n) is 6.79. The van der Waals surface area contributed by atoms with Crippen LogP contribution in [-0.2, 0) is 12.2 Å². The standard InChI is InChI=1S/C17H18O3/c1-19-16-14(17(18)10-11-17)8-5-9-15(16)20-12-13-6-3-2-4-7-13/h2-9,18H,10-12H2,1H3. The Morgan fingerprint density at radius 2 is 1.80 bits per heavy atom. The molecule has 0 spiro atoms. The minimum atomic E-state index is -0.725. The van der Waals surface area contributed by atoms with Crippen molar-refractivity contribution in [2.45, 2.75) is 25.0 Å². The van der Waals surface area contributed by atoms with Gasteiger partial charge < -0.3 is 14.6 Å². The number of benzene rings is 2. The number of methoxy groups -OCH3 is 1. The van der Waals surface area contributed by atoms with E-state index in [0.717, 1.165) is 24.0 Å². The van der Waals surface area contributed by atoms with Gasteiger partial charge in [-0.05, 0) is 24.5 Å². The average Bonchev–Trinajstić information content (AvgIpc) is 3.24. The number of hydrogen-bond donors (Lipinski definition) is 1. The Hall–Kier alpha value is -2.00. The van der Waals surface area contributed by atoms with Gasteiger partial charge >= 0.3 is 0 Å². The molecule has 20 heavy (non-hydrogen) atoms. The first-order valence-corrected chi connectivity index (χ1v) is 6.79. The summed E-state index contributed by atoms with van der Waals surface area (Å²) in [5.74, 6) is 1.32. The van der Waals surface area contributed by atoms with Crippen LogP contribution < -0.4 is 9.47 Å². The van der Waals surface area contributed by atoms with Gasteiger partial charge in [0.25, 0.3) is 0 Å². The van der Waals surface area contributed by atoms with Gasteiger partial charge in [0.05, 0.1) is 12.7 Å². The molecule has 0 aliphatic heterocycles. The molecule has 1 aliphatic carbocycles. The number of ether oxygens (including phenoxy) is 2. The van der Waals surface area contributed by atoms with E-state index in [4.69, 9.17) is 9.47 Å². The van der Waals surface area contributed by atoms with Crippen molar-refractivity contribution >= 4 is 0 Å². The first-order chi connectivity index (χ1) is 9.73. The second kappa shape index (κ2) is 5.17. The summed E-state index contributed by atoms with van der Waals surface area (Å²) < 4.78 is 11.3. The summed E-state index contributed by atoms with van der Waals surface area (Å²) in [7, 11) is 1.61. The molecule has 104 valence electrons. The average molecular weight is 270 g/mol. The molecule has 0 amide bonds. The summed E-state index contributed by atoms with van der Waals surface area (Å²) in [4.78, 5) is 0. The number of rotatable bonds is 5. The van der Waals surface area contributed by atoms with Crippen LogP contribution >= 0.6 is 0 Å². The molecule has 0 heterocycles. The SMILES string of the molecule is COc1c(OCc2ccccc2)cccc1C1(O)CC1. The molecule has 1 aliphatic rings. The number of hydrogen-bond acceptors (Lipinski definition) is 3. The Balaban J connectivity index is 1.82. The largest absolute Gasteiger partial charge is 0.492 e. The van der Waals surface area contributed by atoms with Crippen LogP contribution in [0.5, 0.6) is 11.5 Å². The van der Waals surface area contributed by atoms with E-state index in [2.05, 4.69) is 0 Å². The monoisotopic (exact) mass is 270 g/mol. The first kappa shape index (κ1) is 13.0. The molecule has 0 saturated heterocycles. The van der Waals surface area contributed by atoms with Crippen LogP contribution in [0.1, 0.15) is 24.0 Å². The quantitative estimate of drug-likeness (QED) is 0.906. The van der Waals surface area contributed by atoms with Crippen LogP contribution in [0, 0.1) is 0 Å². The molecule has 1 N–H and O–H groups in total. The fourth-order valence-corrected chi connectivity index (χ4v) is 2.33. The predicted molar refractivity (Wildman–Crippen MR) is 76.9 cm³/mol. The maximum atomic E-state index is 10.3. The highest BCUT2D eigenvalue weighted by atomic mass is 16.5. The normalized spacial score (nSPS) is 15.7. The van der Waals surface area contributed by atoms with Crippen molar-refractivity contribution in [2.24, 2.45) is 0 Å². The van der Waals surface area contributed by atoms with Crippen molar-refractivity contribution in [3.8, 4) is 11.5 Å². The zero-order valence-electron chi connectivity index (χ0n) is 11.5. The van der Waals surface area contributed by atoms with Crippen molar-refractivity contribution in [3.63, 3.8) is 0 Å². The third-order valence-electron chi connectivity index (χ3n) is 3.65. The van der Waals surface area contributed by atoms with Gasteiger partial charge in [-0.15, -0.1) is 0 Å². The lowest BCUT2D eigenvalue weighted by Crippen LogP contribution is -2.08. The van der Waals surface area contributed by atoms with Gasteiger partial charge in [0.2, 0.25) is 0 Å². The highest BCUT2D eigenvalue weighted by molar-refractivity contribution is 5.51. The van der Waals surface area contributed by atoms with Crippen LogP contribution in [-0.4, -0.2) is 12.2 Å². The Kier molecular flexibility index (Phi) is 3.36. The van der Waals surface area contributed by atoms with Gasteiger partial charge in [0.15, 0.2) is 11.5 Å². The van der Waals surface area contributed by atoms with E-state index in [1.54, 1.807) is 7.11 Å². The molecule has 1 fully saturated rings. The lowest BCUT2D eigenvalue weighted by Gasteiger charge is -2.17. The maximum Gasteiger partial charge on any atom is 0.166 e. The number of aliphatic hydroxyl groups is 1. The molecule has 3 nitrogen and oxygen atoms in total. The zero-order chi connectivity index (χ0) is 14.0. The van der Waals surface area contributed by atoms with Crippen molar-refractivity contribution < 1.29 is 14.6 Å². The summed E-state index contributed by atoms with van der Waals surface area (Å²) >= 11 is 0. The highest BCUT2D eigenvalue weighted by Gasteiger charge is 2.44. The van der Waals surface area contributed by atoms with E-state index in [1.807, 2.05) is 48.5 Å². The van der Waals surface area contributed by atoms with Crippen molar-refractivity contribution in [3.05, 3.63) is 59.7 Å². The summed E-state index contributed by atoms with van der Waals surface area (Å²) in [6.07, 6.45) is 1.57. The van der Waals surface area contributed by atoms with Crippen LogP contribution in [0.25, 0.3) is 0 Å². The molecule has 0 aromatic heterocycles. The summed E-state index contributed by atoms with van der Waals surface area (Å²) in [6.45, 7) is 0.485.